The van der Waals surface area contributed by atoms with Crippen molar-refractivity contribution >= 4 is 39.7 Å². The van der Waals surface area contributed by atoms with Crippen molar-refractivity contribution in [1.82, 2.24) is 14.0 Å². The molecule has 0 bridgehead atoms. The summed E-state index contributed by atoms with van der Waals surface area (Å²) >= 11 is 6.11. The van der Waals surface area contributed by atoms with Gasteiger partial charge >= 0.3 is 0 Å². The third-order valence-corrected chi connectivity index (χ3v) is 7.36. The Kier molecular flexibility index (Phi) is 7.11. The Morgan fingerprint density at radius 3 is 2.34 bits per heavy atom. The summed E-state index contributed by atoms with van der Waals surface area (Å²) < 4.78 is 27.7. The van der Waals surface area contributed by atoms with E-state index in [-0.39, 0.29) is 21.4 Å². The number of anilines is 1. The van der Waals surface area contributed by atoms with Gasteiger partial charge in [-0.2, -0.15) is 5.10 Å². The van der Waals surface area contributed by atoms with Crippen LogP contribution in [0, 0.1) is 0 Å². The predicted octanol–water partition coefficient (Wildman–Crippen LogP) is 4.59. The minimum atomic E-state index is -3.84. The molecule has 0 saturated heterocycles. The first-order chi connectivity index (χ1) is 16.8. The second-order valence-corrected chi connectivity index (χ2v) is 10.2. The van der Waals surface area contributed by atoms with Gasteiger partial charge < -0.3 is 0 Å². The average Bonchev–Trinajstić information content (AvgIpc) is 3.26. The molecule has 8 nitrogen and oxygen atoms in total. The number of halogens is 1. The molecule has 178 valence electrons. The number of carbonyl (C=O) groups excluding carboxylic acids is 1. The molecule has 35 heavy (non-hydrogen) atoms. The Bertz CT molecular complexity index is 1480. The fraction of sp³-hybridized carbons (Fsp3) is 0.0800. The summed E-state index contributed by atoms with van der Waals surface area (Å²) in [6.07, 6.45) is 3.35. The van der Waals surface area contributed by atoms with E-state index in [1.807, 2.05) is 60.7 Å². The van der Waals surface area contributed by atoms with Gasteiger partial charge in [-0.05, 0) is 23.8 Å². The largest absolute Gasteiger partial charge is 0.290 e. The summed E-state index contributed by atoms with van der Waals surface area (Å²) in [5.41, 5.74) is 2.44. The fourth-order valence-electron chi connectivity index (χ4n) is 3.17. The van der Waals surface area contributed by atoms with Gasteiger partial charge in [-0.1, -0.05) is 72.3 Å². The molecule has 0 fully saturated rings. The van der Waals surface area contributed by atoms with Crippen LogP contribution in [0.15, 0.2) is 95.1 Å². The van der Waals surface area contributed by atoms with Crippen LogP contribution in [0.1, 0.15) is 15.9 Å². The van der Waals surface area contributed by atoms with E-state index >= 15 is 0 Å². The van der Waals surface area contributed by atoms with Crippen molar-refractivity contribution in [3.8, 4) is 11.3 Å². The maximum Gasteiger partial charge on any atom is 0.258 e. The topological polar surface area (TPSA) is 96.7 Å². The van der Waals surface area contributed by atoms with Crippen molar-refractivity contribution in [2.75, 3.05) is 19.4 Å². The predicted molar refractivity (Wildman–Crippen MR) is 137 cm³/mol. The quantitative estimate of drug-likeness (QED) is 0.370. The normalized spacial score (nSPS) is 11.8. The Labute approximate surface area is 208 Å². The van der Waals surface area contributed by atoms with Crippen molar-refractivity contribution in [2.24, 2.45) is 5.10 Å². The Balaban J connectivity index is 1.69. The van der Waals surface area contributed by atoms with E-state index in [1.54, 1.807) is 12.4 Å². The second-order valence-electron chi connectivity index (χ2n) is 7.70. The van der Waals surface area contributed by atoms with Crippen LogP contribution in [0.25, 0.3) is 11.3 Å². The molecule has 0 radical (unpaired) electrons. The number of nitrogens with one attached hydrogen (secondary N) is 1. The van der Waals surface area contributed by atoms with Crippen molar-refractivity contribution in [3.05, 3.63) is 101 Å². The van der Waals surface area contributed by atoms with Gasteiger partial charge in [0.05, 0.1) is 23.1 Å². The molecule has 1 amide bonds. The minimum Gasteiger partial charge on any atom is -0.290 e. The number of amides is 1. The van der Waals surface area contributed by atoms with E-state index in [4.69, 9.17) is 11.6 Å². The van der Waals surface area contributed by atoms with Crippen LogP contribution in [0.4, 0.5) is 5.95 Å². The average molecular weight is 508 g/mol. The molecule has 4 aromatic rings. The number of sulfonamides is 1. The number of hydrogen-bond donors (Lipinski definition) is 1. The zero-order valence-corrected chi connectivity index (χ0v) is 20.5. The lowest BCUT2D eigenvalue weighted by molar-refractivity contribution is 0.102. The maximum absolute atomic E-state index is 13.1. The van der Waals surface area contributed by atoms with Gasteiger partial charge in [0.25, 0.3) is 5.91 Å². The Hall–Kier alpha value is -3.79. The molecule has 0 saturated carbocycles. The summed E-state index contributed by atoms with van der Waals surface area (Å²) in [6, 6.07) is 23.0. The maximum atomic E-state index is 13.1. The summed E-state index contributed by atoms with van der Waals surface area (Å²) in [5, 5.41) is 7.21. The number of aromatic nitrogens is 2. The van der Waals surface area contributed by atoms with Crippen LogP contribution in [0.3, 0.4) is 0 Å². The number of nitrogens with zero attached hydrogens (tertiary/aromatic N) is 4. The van der Waals surface area contributed by atoms with E-state index in [0.717, 1.165) is 15.4 Å². The molecule has 0 aliphatic carbocycles. The smallest absolute Gasteiger partial charge is 0.258 e. The fourth-order valence-corrected chi connectivity index (χ4v) is 4.57. The summed E-state index contributed by atoms with van der Waals surface area (Å²) in [6.45, 7) is 0. The van der Waals surface area contributed by atoms with E-state index in [1.165, 1.54) is 37.0 Å². The van der Waals surface area contributed by atoms with Crippen LogP contribution in [-0.4, -0.2) is 48.6 Å². The molecule has 0 spiro atoms. The lowest BCUT2D eigenvalue weighted by Gasteiger charge is -2.13. The Morgan fingerprint density at radius 1 is 1.03 bits per heavy atom. The molecule has 1 heterocycles. The van der Waals surface area contributed by atoms with Gasteiger partial charge in [0.1, 0.15) is 4.90 Å². The van der Waals surface area contributed by atoms with E-state index in [0.29, 0.717) is 5.69 Å². The third-order valence-electron chi connectivity index (χ3n) is 5.07. The highest BCUT2D eigenvalue weighted by molar-refractivity contribution is 7.89. The SMILES string of the molecule is CN(C)S(=O)(=O)c1cc(C(=O)Nc2nc(-c3ccccc3)cn2/N=C/c2ccccc2)ccc1Cl. The molecular formula is C25H22ClN5O3S. The molecular weight excluding hydrogens is 486 g/mol. The number of carbonyl (C=O) groups is 1. The van der Waals surface area contributed by atoms with Crippen molar-refractivity contribution in [2.45, 2.75) is 4.90 Å². The molecule has 1 aromatic heterocycles. The second kappa shape index (κ2) is 10.2. The van der Waals surface area contributed by atoms with Gasteiger partial charge in [-0.3, -0.25) is 10.1 Å². The standard InChI is InChI=1S/C25H22ClN5O3S/c1-30(2)35(33,34)23-15-20(13-14-21(23)26)24(32)29-25-28-22(19-11-7-4-8-12-19)17-31(25)27-16-18-9-5-3-6-10-18/h3-17H,1-2H3,(H,28,29,32)/b27-16+. The van der Waals surface area contributed by atoms with Gasteiger partial charge in [-0.15, -0.1) is 0 Å². The van der Waals surface area contributed by atoms with Gasteiger partial charge in [-0.25, -0.2) is 22.4 Å². The lowest BCUT2D eigenvalue weighted by atomic mass is 10.2. The zero-order valence-electron chi connectivity index (χ0n) is 19.0. The number of imidazole rings is 1. The van der Waals surface area contributed by atoms with Crippen LogP contribution in [0.5, 0.6) is 0 Å². The third kappa shape index (κ3) is 5.48. The Morgan fingerprint density at radius 2 is 1.69 bits per heavy atom. The van der Waals surface area contributed by atoms with Gasteiger partial charge in [0.2, 0.25) is 16.0 Å². The lowest BCUT2D eigenvalue weighted by Crippen LogP contribution is -2.23. The highest BCUT2D eigenvalue weighted by atomic mass is 35.5. The van der Waals surface area contributed by atoms with Gasteiger partial charge in [0.15, 0.2) is 0 Å². The number of hydrogen-bond acceptors (Lipinski definition) is 5. The van der Waals surface area contributed by atoms with Crippen molar-refractivity contribution < 1.29 is 13.2 Å². The first kappa shape index (κ1) is 24.3. The number of benzene rings is 3. The van der Waals surface area contributed by atoms with Crippen molar-refractivity contribution in [1.29, 1.82) is 0 Å². The first-order valence-corrected chi connectivity index (χ1v) is 12.3. The highest BCUT2D eigenvalue weighted by Crippen LogP contribution is 2.26. The summed E-state index contributed by atoms with van der Waals surface area (Å²) in [4.78, 5) is 17.5. The number of rotatable bonds is 7. The van der Waals surface area contributed by atoms with Crippen LogP contribution >= 0.6 is 11.6 Å². The highest BCUT2D eigenvalue weighted by Gasteiger charge is 2.23. The molecule has 0 atom stereocenters. The van der Waals surface area contributed by atoms with E-state index in [9.17, 15) is 13.2 Å². The van der Waals surface area contributed by atoms with E-state index in [2.05, 4.69) is 15.4 Å². The van der Waals surface area contributed by atoms with Gasteiger partial charge in [0, 0.05) is 25.2 Å². The molecule has 3 aromatic carbocycles. The summed E-state index contributed by atoms with van der Waals surface area (Å²) in [7, 11) is -1.05. The molecule has 0 unspecified atom stereocenters. The van der Waals surface area contributed by atoms with Crippen LogP contribution < -0.4 is 5.32 Å². The van der Waals surface area contributed by atoms with Crippen LogP contribution in [-0.2, 0) is 10.0 Å². The van der Waals surface area contributed by atoms with Crippen molar-refractivity contribution in [3.63, 3.8) is 0 Å². The molecule has 1 N–H and O–H groups in total. The first-order valence-electron chi connectivity index (χ1n) is 10.5. The van der Waals surface area contributed by atoms with E-state index < -0.39 is 15.9 Å². The monoisotopic (exact) mass is 507 g/mol. The zero-order chi connectivity index (χ0) is 25.0. The molecule has 0 aliphatic rings. The molecule has 0 aliphatic heterocycles. The minimum absolute atomic E-state index is 0.0237. The summed E-state index contributed by atoms with van der Waals surface area (Å²) in [5.74, 6) is -0.383. The van der Waals surface area contributed by atoms with Crippen LogP contribution in [0.2, 0.25) is 5.02 Å². The molecule has 10 heteroatoms. The molecule has 4 rings (SSSR count).